The van der Waals surface area contributed by atoms with Crippen molar-refractivity contribution in [3.05, 3.63) is 59.9 Å². The fourth-order valence-corrected chi connectivity index (χ4v) is 2.39. The predicted molar refractivity (Wildman–Crippen MR) is 87.2 cm³/mol. The van der Waals surface area contributed by atoms with E-state index in [1.54, 1.807) is 0 Å². The molecule has 0 saturated heterocycles. The number of hydrogen-bond acceptors (Lipinski definition) is 3. The molecule has 6 nitrogen and oxygen atoms in total. The molecule has 0 aromatic heterocycles. The Labute approximate surface area is 133 Å². The van der Waals surface area contributed by atoms with Gasteiger partial charge < -0.3 is 10.6 Å². The average Bonchev–Trinajstić information content (AvgIpc) is 2.48. The second-order valence-corrected chi connectivity index (χ2v) is 6.61. The summed E-state index contributed by atoms with van der Waals surface area (Å²) in [5, 5.41) is 5.16. The molecule has 0 radical (unpaired) electrons. The van der Waals surface area contributed by atoms with Crippen LogP contribution in [0.15, 0.2) is 48.5 Å². The van der Waals surface area contributed by atoms with Crippen molar-refractivity contribution < 1.29 is 17.6 Å². The number of benzene rings is 2. The van der Waals surface area contributed by atoms with Crippen molar-refractivity contribution in [3.63, 3.8) is 0 Å². The lowest BCUT2D eigenvalue weighted by Crippen LogP contribution is -2.28. The third kappa shape index (κ3) is 5.59. The Morgan fingerprint density at radius 1 is 1.13 bits per heavy atom. The molecule has 0 aliphatic carbocycles. The van der Waals surface area contributed by atoms with Crippen molar-refractivity contribution in [2.24, 2.45) is 0 Å². The molecule has 0 bridgehead atoms. The zero-order chi connectivity index (χ0) is 16.9. The first kappa shape index (κ1) is 16.8. The molecule has 0 heterocycles. The van der Waals surface area contributed by atoms with E-state index in [9.17, 15) is 17.6 Å². The maximum atomic E-state index is 13.6. The molecular weight excluding hydrogens is 321 g/mol. The second-order valence-electron chi connectivity index (χ2n) is 4.86. The van der Waals surface area contributed by atoms with Gasteiger partial charge in [0.25, 0.3) is 0 Å². The van der Waals surface area contributed by atoms with Crippen LogP contribution in [-0.4, -0.2) is 20.7 Å². The smallest absolute Gasteiger partial charge is 0.319 e. The van der Waals surface area contributed by atoms with Gasteiger partial charge in [0, 0.05) is 12.2 Å². The van der Waals surface area contributed by atoms with E-state index < -0.39 is 21.9 Å². The number of rotatable bonds is 5. The first-order chi connectivity index (χ1) is 10.8. The Hall–Kier alpha value is -2.61. The summed E-state index contributed by atoms with van der Waals surface area (Å²) >= 11 is 0. The van der Waals surface area contributed by atoms with Gasteiger partial charge in [0.15, 0.2) is 0 Å². The van der Waals surface area contributed by atoms with Crippen LogP contribution in [0.5, 0.6) is 0 Å². The molecule has 23 heavy (non-hydrogen) atoms. The van der Waals surface area contributed by atoms with Gasteiger partial charge in [-0.05, 0) is 23.8 Å². The highest BCUT2D eigenvalue weighted by Gasteiger charge is 2.10. The lowest BCUT2D eigenvalue weighted by molar-refractivity contribution is 0.251. The van der Waals surface area contributed by atoms with Crippen molar-refractivity contribution in [3.8, 4) is 0 Å². The largest absolute Gasteiger partial charge is 0.334 e. The summed E-state index contributed by atoms with van der Waals surface area (Å²) in [7, 11) is -3.61. The number of urea groups is 1. The molecule has 0 aliphatic heterocycles. The molecule has 0 fully saturated rings. The van der Waals surface area contributed by atoms with Crippen LogP contribution in [0.2, 0.25) is 0 Å². The highest BCUT2D eigenvalue weighted by Crippen LogP contribution is 2.20. The summed E-state index contributed by atoms with van der Waals surface area (Å²) in [6, 6.07) is 12.5. The SMILES string of the molecule is CS(=O)(=O)Nc1cc(NC(=O)NCc2ccccc2)ccc1F. The van der Waals surface area contributed by atoms with Gasteiger partial charge in [-0.1, -0.05) is 30.3 Å². The molecule has 0 saturated carbocycles. The quantitative estimate of drug-likeness (QED) is 0.783. The molecule has 3 N–H and O–H groups in total. The van der Waals surface area contributed by atoms with Crippen LogP contribution < -0.4 is 15.4 Å². The van der Waals surface area contributed by atoms with E-state index in [4.69, 9.17) is 0 Å². The minimum Gasteiger partial charge on any atom is -0.334 e. The van der Waals surface area contributed by atoms with Crippen molar-refractivity contribution in [1.29, 1.82) is 0 Å². The van der Waals surface area contributed by atoms with Crippen LogP contribution in [0.4, 0.5) is 20.6 Å². The Bertz CT molecular complexity index is 795. The van der Waals surface area contributed by atoms with Crippen LogP contribution >= 0.6 is 0 Å². The molecule has 8 heteroatoms. The molecule has 0 unspecified atom stereocenters. The van der Waals surface area contributed by atoms with E-state index in [0.29, 0.717) is 6.54 Å². The minimum atomic E-state index is -3.61. The Morgan fingerprint density at radius 3 is 2.48 bits per heavy atom. The summed E-state index contributed by atoms with van der Waals surface area (Å²) in [4.78, 5) is 11.8. The second kappa shape index (κ2) is 7.10. The minimum absolute atomic E-state index is 0.228. The Balaban J connectivity index is 1.99. The molecule has 0 spiro atoms. The van der Waals surface area contributed by atoms with Gasteiger partial charge in [0.1, 0.15) is 5.82 Å². The van der Waals surface area contributed by atoms with Crippen LogP contribution in [0.25, 0.3) is 0 Å². The molecular formula is C15H16FN3O3S. The normalized spacial score (nSPS) is 10.9. The van der Waals surface area contributed by atoms with Gasteiger partial charge in [-0.3, -0.25) is 4.72 Å². The number of carbonyl (C=O) groups excluding carboxylic acids is 1. The zero-order valence-corrected chi connectivity index (χ0v) is 13.2. The van der Waals surface area contributed by atoms with E-state index in [1.807, 2.05) is 35.1 Å². The Morgan fingerprint density at radius 2 is 1.83 bits per heavy atom. The summed E-state index contributed by atoms with van der Waals surface area (Å²) < 4.78 is 37.9. The summed E-state index contributed by atoms with van der Waals surface area (Å²) in [6.07, 6.45) is 0.916. The lowest BCUT2D eigenvalue weighted by Gasteiger charge is -2.10. The topological polar surface area (TPSA) is 87.3 Å². The van der Waals surface area contributed by atoms with Crippen LogP contribution in [0.3, 0.4) is 0 Å². The fourth-order valence-electron chi connectivity index (χ4n) is 1.83. The molecule has 2 aromatic carbocycles. The monoisotopic (exact) mass is 337 g/mol. The van der Waals surface area contributed by atoms with Gasteiger partial charge in [0.2, 0.25) is 10.0 Å². The first-order valence-corrected chi connectivity index (χ1v) is 8.59. The number of nitrogens with one attached hydrogen (secondary N) is 3. The van der Waals surface area contributed by atoms with Crippen molar-refractivity contribution >= 4 is 27.4 Å². The number of halogens is 1. The summed E-state index contributed by atoms with van der Waals surface area (Å²) in [5.41, 5.74) is 0.970. The molecule has 122 valence electrons. The fraction of sp³-hybridized carbons (Fsp3) is 0.133. The van der Waals surface area contributed by atoms with E-state index in [1.165, 1.54) is 12.1 Å². The molecule has 0 atom stereocenters. The molecule has 0 aliphatic rings. The van der Waals surface area contributed by atoms with Crippen molar-refractivity contribution in [2.75, 3.05) is 16.3 Å². The van der Waals surface area contributed by atoms with E-state index in [0.717, 1.165) is 17.9 Å². The Kier molecular flexibility index (Phi) is 5.17. The van der Waals surface area contributed by atoms with E-state index >= 15 is 0 Å². The van der Waals surface area contributed by atoms with Gasteiger partial charge in [0.05, 0.1) is 11.9 Å². The highest BCUT2D eigenvalue weighted by molar-refractivity contribution is 7.92. The average molecular weight is 337 g/mol. The molecule has 2 amide bonds. The highest BCUT2D eigenvalue weighted by atomic mass is 32.2. The molecule has 2 rings (SSSR count). The molecule has 2 aromatic rings. The van der Waals surface area contributed by atoms with Crippen LogP contribution in [-0.2, 0) is 16.6 Å². The van der Waals surface area contributed by atoms with E-state index in [2.05, 4.69) is 10.6 Å². The summed E-state index contributed by atoms with van der Waals surface area (Å²) in [6.45, 7) is 0.336. The number of amides is 2. The third-order valence-electron chi connectivity index (χ3n) is 2.82. The van der Waals surface area contributed by atoms with Gasteiger partial charge in [-0.25, -0.2) is 17.6 Å². The van der Waals surface area contributed by atoms with E-state index in [-0.39, 0.29) is 11.4 Å². The maximum absolute atomic E-state index is 13.6. The lowest BCUT2D eigenvalue weighted by atomic mass is 10.2. The third-order valence-corrected chi connectivity index (χ3v) is 3.41. The van der Waals surface area contributed by atoms with Crippen molar-refractivity contribution in [1.82, 2.24) is 5.32 Å². The zero-order valence-electron chi connectivity index (χ0n) is 12.3. The van der Waals surface area contributed by atoms with Crippen LogP contribution in [0, 0.1) is 5.82 Å². The van der Waals surface area contributed by atoms with Gasteiger partial charge in [-0.2, -0.15) is 0 Å². The van der Waals surface area contributed by atoms with Gasteiger partial charge in [-0.15, -0.1) is 0 Å². The standard InChI is InChI=1S/C15H16FN3O3S/c1-23(21,22)19-14-9-12(7-8-13(14)16)18-15(20)17-10-11-5-3-2-4-6-11/h2-9,19H,10H2,1H3,(H2,17,18,20). The maximum Gasteiger partial charge on any atom is 0.319 e. The predicted octanol–water partition coefficient (Wildman–Crippen LogP) is 2.52. The summed E-state index contributed by atoms with van der Waals surface area (Å²) in [5.74, 6) is -0.731. The number of anilines is 2. The van der Waals surface area contributed by atoms with Crippen LogP contribution in [0.1, 0.15) is 5.56 Å². The number of hydrogen-bond donors (Lipinski definition) is 3. The first-order valence-electron chi connectivity index (χ1n) is 6.69. The van der Waals surface area contributed by atoms with Gasteiger partial charge >= 0.3 is 6.03 Å². The number of sulfonamides is 1. The van der Waals surface area contributed by atoms with Crippen molar-refractivity contribution in [2.45, 2.75) is 6.54 Å². The number of carbonyl (C=O) groups is 1.